The zero-order chi connectivity index (χ0) is 16.7. The Morgan fingerprint density at radius 2 is 1.43 bits per heavy atom. The number of rotatable bonds is 7. The van der Waals surface area contributed by atoms with Crippen LogP contribution >= 0.6 is 0 Å². The maximum atomic E-state index is 11.5. The topological polar surface area (TPSA) is 46.5 Å². The molecule has 3 heteroatoms. The Hall–Kier alpha value is -0.830. The fourth-order valence-electron chi connectivity index (χ4n) is 4.34. The molecule has 0 saturated heterocycles. The predicted octanol–water partition coefficient (Wildman–Crippen LogP) is 4.49. The quantitative estimate of drug-likeness (QED) is 0.555. The lowest BCUT2D eigenvalue weighted by molar-refractivity contribution is -0.141. The molecule has 0 radical (unpaired) electrons. The number of aliphatic hydroxyl groups excluding tert-OH is 1. The molecule has 2 aliphatic rings. The first kappa shape index (κ1) is 18.5. The zero-order valence-electron chi connectivity index (χ0n) is 14.8. The molecule has 132 valence electrons. The van der Waals surface area contributed by atoms with Crippen molar-refractivity contribution in [1.82, 2.24) is 0 Å². The molecule has 23 heavy (non-hydrogen) atoms. The van der Waals surface area contributed by atoms with Gasteiger partial charge in [0.15, 0.2) is 0 Å². The Balaban J connectivity index is 1.61. The lowest BCUT2D eigenvalue weighted by Gasteiger charge is -2.33. The van der Waals surface area contributed by atoms with Gasteiger partial charge in [0.25, 0.3) is 0 Å². The van der Waals surface area contributed by atoms with E-state index >= 15 is 0 Å². The van der Waals surface area contributed by atoms with E-state index in [2.05, 4.69) is 13.5 Å². The number of hydrogen-bond donors (Lipinski definition) is 1. The van der Waals surface area contributed by atoms with Gasteiger partial charge in [0.05, 0.1) is 18.8 Å². The highest BCUT2D eigenvalue weighted by Gasteiger charge is 2.27. The minimum absolute atomic E-state index is 0.154. The van der Waals surface area contributed by atoms with Gasteiger partial charge in [0.2, 0.25) is 0 Å². The summed E-state index contributed by atoms with van der Waals surface area (Å²) in [5.41, 5.74) is 0.154. The maximum Gasteiger partial charge on any atom is 0.335 e. The van der Waals surface area contributed by atoms with Crippen LogP contribution in [0.2, 0.25) is 0 Å². The molecule has 0 aromatic rings. The van der Waals surface area contributed by atoms with Gasteiger partial charge < -0.3 is 9.84 Å². The molecule has 0 spiro atoms. The summed E-state index contributed by atoms with van der Waals surface area (Å²) in [5.74, 6) is 2.90. The summed E-state index contributed by atoms with van der Waals surface area (Å²) in [5, 5.41) is 8.86. The van der Waals surface area contributed by atoms with Crippen LogP contribution in [0, 0.1) is 23.7 Å². The minimum atomic E-state index is -0.442. The van der Waals surface area contributed by atoms with Crippen LogP contribution in [-0.2, 0) is 9.53 Å². The summed E-state index contributed by atoms with van der Waals surface area (Å²) >= 11 is 0. The molecular formula is C20H34O3. The van der Waals surface area contributed by atoms with Crippen LogP contribution in [0.15, 0.2) is 12.2 Å². The molecular weight excluding hydrogens is 288 g/mol. The Bertz CT molecular complexity index is 374. The van der Waals surface area contributed by atoms with E-state index in [-0.39, 0.29) is 12.2 Å². The van der Waals surface area contributed by atoms with Crippen LogP contribution in [-0.4, -0.2) is 24.3 Å². The average Bonchev–Trinajstić information content (AvgIpc) is 2.60. The maximum absolute atomic E-state index is 11.5. The van der Waals surface area contributed by atoms with Gasteiger partial charge in [-0.05, 0) is 42.9 Å². The van der Waals surface area contributed by atoms with Crippen molar-refractivity contribution in [2.24, 2.45) is 23.7 Å². The van der Waals surface area contributed by atoms with Crippen LogP contribution in [0.3, 0.4) is 0 Å². The SMILES string of the molecule is C=C(CO)C(=O)OCC1CCC(CC2CCC(CC)CC2)CC1. The van der Waals surface area contributed by atoms with Gasteiger partial charge in [-0.15, -0.1) is 0 Å². The lowest BCUT2D eigenvalue weighted by atomic mass is 9.73. The molecule has 0 heterocycles. The van der Waals surface area contributed by atoms with E-state index in [4.69, 9.17) is 9.84 Å². The largest absolute Gasteiger partial charge is 0.462 e. The monoisotopic (exact) mass is 322 g/mol. The Kier molecular flexibility index (Phi) is 7.61. The van der Waals surface area contributed by atoms with Gasteiger partial charge in [0, 0.05) is 0 Å². The van der Waals surface area contributed by atoms with Crippen molar-refractivity contribution >= 4 is 5.97 Å². The fourth-order valence-corrected chi connectivity index (χ4v) is 4.34. The Morgan fingerprint density at radius 1 is 0.957 bits per heavy atom. The van der Waals surface area contributed by atoms with Crippen molar-refractivity contribution in [3.8, 4) is 0 Å². The number of esters is 1. The second kappa shape index (κ2) is 9.46. The lowest BCUT2D eigenvalue weighted by Crippen LogP contribution is -2.23. The van der Waals surface area contributed by atoms with Crippen LogP contribution in [0.1, 0.15) is 71.1 Å². The van der Waals surface area contributed by atoms with E-state index in [0.29, 0.717) is 12.5 Å². The van der Waals surface area contributed by atoms with E-state index < -0.39 is 5.97 Å². The predicted molar refractivity (Wildman–Crippen MR) is 93.0 cm³/mol. The highest BCUT2D eigenvalue weighted by molar-refractivity contribution is 5.87. The van der Waals surface area contributed by atoms with E-state index in [1.165, 1.54) is 64.2 Å². The number of carbonyl (C=O) groups excluding carboxylic acids is 1. The van der Waals surface area contributed by atoms with Crippen LogP contribution in [0.25, 0.3) is 0 Å². The third kappa shape index (κ3) is 5.95. The van der Waals surface area contributed by atoms with Crippen molar-refractivity contribution in [2.45, 2.75) is 71.1 Å². The number of aliphatic hydroxyl groups is 1. The Labute approximate surface area is 141 Å². The second-order valence-corrected chi connectivity index (χ2v) is 7.78. The van der Waals surface area contributed by atoms with E-state index in [9.17, 15) is 4.79 Å². The molecule has 2 fully saturated rings. The Morgan fingerprint density at radius 3 is 1.91 bits per heavy atom. The summed E-state index contributed by atoms with van der Waals surface area (Å²) in [6, 6.07) is 0. The molecule has 1 N–H and O–H groups in total. The van der Waals surface area contributed by atoms with E-state index in [0.717, 1.165) is 17.8 Å². The van der Waals surface area contributed by atoms with Crippen molar-refractivity contribution in [3.05, 3.63) is 12.2 Å². The third-order valence-corrected chi connectivity index (χ3v) is 6.11. The van der Waals surface area contributed by atoms with Crippen LogP contribution in [0.5, 0.6) is 0 Å². The van der Waals surface area contributed by atoms with Gasteiger partial charge in [-0.1, -0.05) is 58.4 Å². The molecule has 0 unspecified atom stereocenters. The first-order chi connectivity index (χ1) is 11.1. The normalized spacial score (nSPS) is 31.6. The van der Waals surface area contributed by atoms with Crippen molar-refractivity contribution < 1.29 is 14.6 Å². The number of hydrogen-bond acceptors (Lipinski definition) is 3. The van der Waals surface area contributed by atoms with Gasteiger partial charge in [0.1, 0.15) is 0 Å². The molecule has 0 aromatic carbocycles. The van der Waals surface area contributed by atoms with Gasteiger partial charge in [-0.2, -0.15) is 0 Å². The summed E-state index contributed by atoms with van der Waals surface area (Å²) in [6.07, 6.45) is 13.5. The molecule has 0 bridgehead atoms. The molecule has 2 rings (SSSR count). The highest BCUT2D eigenvalue weighted by Crippen LogP contribution is 2.39. The highest BCUT2D eigenvalue weighted by atomic mass is 16.5. The van der Waals surface area contributed by atoms with Crippen molar-refractivity contribution in [1.29, 1.82) is 0 Å². The number of carbonyl (C=O) groups is 1. The summed E-state index contributed by atoms with van der Waals surface area (Å²) in [4.78, 5) is 11.5. The average molecular weight is 322 g/mol. The summed E-state index contributed by atoms with van der Waals surface area (Å²) < 4.78 is 5.25. The van der Waals surface area contributed by atoms with Crippen LogP contribution in [0.4, 0.5) is 0 Å². The van der Waals surface area contributed by atoms with E-state index in [1.54, 1.807) is 0 Å². The zero-order valence-corrected chi connectivity index (χ0v) is 14.8. The third-order valence-electron chi connectivity index (χ3n) is 6.11. The fraction of sp³-hybridized carbons (Fsp3) is 0.850. The first-order valence-corrected chi connectivity index (χ1v) is 9.58. The summed E-state index contributed by atoms with van der Waals surface area (Å²) in [6.45, 7) is 6.01. The molecule has 3 nitrogen and oxygen atoms in total. The first-order valence-electron chi connectivity index (χ1n) is 9.58. The molecule has 2 saturated carbocycles. The van der Waals surface area contributed by atoms with Crippen molar-refractivity contribution in [2.75, 3.05) is 13.2 Å². The van der Waals surface area contributed by atoms with Gasteiger partial charge >= 0.3 is 5.97 Å². The number of ether oxygens (including phenoxy) is 1. The summed E-state index contributed by atoms with van der Waals surface area (Å²) in [7, 11) is 0. The molecule has 0 aliphatic heterocycles. The van der Waals surface area contributed by atoms with Gasteiger partial charge in [-0.3, -0.25) is 0 Å². The molecule has 0 amide bonds. The van der Waals surface area contributed by atoms with Crippen LogP contribution < -0.4 is 0 Å². The van der Waals surface area contributed by atoms with E-state index in [1.807, 2.05) is 0 Å². The smallest absolute Gasteiger partial charge is 0.335 e. The molecule has 0 atom stereocenters. The minimum Gasteiger partial charge on any atom is -0.462 e. The molecule has 2 aliphatic carbocycles. The molecule has 0 aromatic heterocycles. The second-order valence-electron chi connectivity index (χ2n) is 7.78. The van der Waals surface area contributed by atoms with Crippen molar-refractivity contribution in [3.63, 3.8) is 0 Å². The van der Waals surface area contributed by atoms with Gasteiger partial charge in [-0.25, -0.2) is 4.79 Å². The standard InChI is InChI=1S/C20H34O3/c1-3-16-4-6-17(7-5-16)12-18-8-10-19(11-9-18)14-23-20(22)15(2)13-21/h16-19,21H,2-14H2,1H3.